The zero-order chi connectivity index (χ0) is 15.7. The molecule has 1 unspecified atom stereocenters. The van der Waals surface area contributed by atoms with Crippen molar-refractivity contribution in [2.24, 2.45) is 5.73 Å². The Hall–Kier alpha value is -2.12. The fourth-order valence-electron chi connectivity index (χ4n) is 2.13. The van der Waals surface area contributed by atoms with E-state index in [1.807, 2.05) is 25.1 Å². The number of aromatic nitrogens is 1. The highest BCUT2D eigenvalue weighted by Gasteiger charge is 2.16. The average molecular weight is 285 g/mol. The topological polar surface area (TPSA) is 59.2 Å². The third-order valence-corrected chi connectivity index (χ3v) is 3.46. The van der Waals surface area contributed by atoms with E-state index < -0.39 is 0 Å². The Morgan fingerprint density at radius 1 is 1.48 bits per heavy atom. The summed E-state index contributed by atoms with van der Waals surface area (Å²) in [6.07, 6.45) is 4.59. The van der Waals surface area contributed by atoms with Crippen LogP contribution in [0.1, 0.15) is 31.2 Å². The van der Waals surface area contributed by atoms with Crippen LogP contribution in [0.25, 0.3) is 0 Å². The zero-order valence-corrected chi connectivity index (χ0v) is 13.0. The molecule has 2 N–H and O–H groups in total. The van der Waals surface area contributed by atoms with E-state index in [0.29, 0.717) is 6.04 Å². The van der Waals surface area contributed by atoms with Crippen molar-refractivity contribution in [1.82, 2.24) is 9.88 Å². The molecule has 0 spiro atoms. The van der Waals surface area contributed by atoms with Gasteiger partial charge in [-0.25, -0.2) is 4.98 Å². The van der Waals surface area contributed by atoms with Crippen LogP contribution in [-0.4, -0.2) is 35.9 Å². The van der Waals surface area contributed by atoms with Crippen molar-refractivity contribution in [3.8, 4) is 11.8 Å². The number of piperidine rings is 1. The second-order valence-corrected chi connectivity index (χ2v) is 5.16. The Morgan fingerprint density at radius 3 is 2.81 bits per heavy atom. The first-order valence-electron chi connectivity index (χ1n) is 7.05. The summed E-state index contributed by atoms with van der Waals surface area (Å²) in [6, 6.07) is 6.57. The number of nitrogens with two attached hydrogens (primary N) is 1. The number of primary amides is 1. The summed E-state index contributed by atoms with van der Waals surface area (Å²) < 4.78 is 0. The van der Waals surface area contributed by atoms with Crippen molar-refractivity contribution < 1.29 is 4.79 Å². The van der Waals surface area contributed by atoms with Gasteiger partial charge in [-0.3, -0.25) is 4.79 Å². The summed E-state index contributed by atoms with van der Waals surface area (Å²) in [5.74, 6) is 6.25. The second kappa shape index (κ2) is 8.93. The lowest BCUT2D eigenvalue weighted by molar-refractivity contribution is -0.106. The standard InChI is InChI=1S/C16H20N2.CH3NO/c1-13-6-4-8-16(17-13)9-5-7-15-10-11-18(3)14(2)12-15;2-1-3/h4,6-8,14H,10-12H2,1-3H3;1H,(H2,2,3). The van der Waals surface area contributed by atoms with E-state index in [4.69, 9.17) is 4.79 Å². The number of rotatable bonds is 0. The molecule has 0 aliphatic carbocycles. The number of hydrogen-bond acceptors (Lipinski definition) is 3. The molecule has 112 valence electrons. The minimum atomic E-state index is 0.250. The van der Waals surface area contributed by atoms with Gasteiger partial charge in [0.05, 0.1) is 0 Å². The maximum Gasteiger partial charge on any atom is 0.204 e. The normalized spacial score (nSPS) is 20.0. The monoisotopic (exact) mass is 285 g/mol. The van der Waals surface area contributed by atoms with E-state index in [-0.39, 0.29) is 6.41 Å². The summed E-state index contributed by atoms with van der Waals surface area (Å²) in [5, 5.41) is 0. The lowest BCUT2D eigenvalue weighted by Crippen LogP contribution is -2.34. The minimum Gasteiger partial charge on any atom is -0.372 e. The van der Waals surface area contributed by atoms with Gasteiger partial charge >= 0.3 is 0 Å². The fourth-order valence-corrected chi connectivity index (χ4v) is 2.13. The van der Waals surface area contributed by atoms with E-state index in [2.05, 4.69) is 47.5 Å². The molecule has 0 saturated carbocycles. The van der Waals surface area contributed by atoms with Crippen LogP contribution in [0.2, 0.25) is 0 Å². The smallest absolute Gasteiger partial charge is 0.204 e. The first-order valence-corrected chi connectivity index (χ1v) is 7.05. The fraction of sp³-hybridized carbons (Fsp3) is 0.412. The number of nitrogens with zero attached hydrogens (tertiary/aromatic N) is 2. The molecule has 1 amide bonds. The molecule has 2 rings (SSSR count). The van der Waals surface area contributed by atoms with Crippen LogP contribution in [0, 0.1) is 18.8 Å². The molecule has 1 aliphatic rings. The molecular formula is C17H23N3O. The van der Waals surface area contributed by atoms with Gasteiger partial charge < -0.3 is 10.6 Å². The Morgan fingerprint density at radius 2 is 2.19 bits per heavy atom. The van der Waals surface area contributed by atoms with Crippen molar-refractivity contribution >= 4 is 6.41 Å². The van der Waals surface area contributed by atoms with Gasteiger partial charge in [0.15, 0.2) is 0 Å². The van der Waals surface area contributed by atoms with Gasteiger partial charge in [0.2, 0.25) is 6.41 Å². The highest BCUT2D eigenvalue weighted by Crippen LogP contribution is 2.19. The van der Waals surface area contributed by atoms with Crippen LogP contribution < -0.4 is 5.73 Å². The number of amides is 1. The van der Waals surface area contributed by atoms with Gasteiger partial charge in [0, 0.05) is 18.3 Å². The van der Waals surface area contributed by atoms with Crippen LogP contribution in [-0.2, 0) is 4.79 Å². The van der Waals surface area contributed by atoms with E-state index in [9.17, 15) is 0 Å². The number of allylic oxidation sites excluding steroid dienone is 1. The predicted octanol–water partition coefficient (Wildman–Crippen LogP) is 1.88. The average Bonchev–Trinajstić information content (AvgIpc) is 2.44. The lowest BCUT2D eigenvalue weighted by atomic mass is 9.98. The van der Waals surface area contributed by atoms with E-state index >= 15 is 0 Å². The minimum absolute atomic E-state index is 0.250. The SMILES string of the molecule is Cc1cccc(C#CC=C2CCN(C)C(C)C2)n1.NC=O. The highest BCUT2D eigenvalue weighted by molar-refractivity contribution is 5.42. The predicted molar refractivity (Wildman–Crippen MR) is 85.5 cm³/mol. The van der Waals surface area contributed by atoms with E-state index in [1.165, 1.54) is 5.57 Å². The molecule has 0 aromatic carbocycles. The largest absolute Gasteiger partial charge is 0.372 e. The van der Waals surface area contributed by atoms with Crippen LogP contribution in [0.15, 0.2) is 29.8 Å². The highest BCUT2D eigenvalue weighted by atomic mass is 16.1. The molecular weight excluding hydrogens is 262 g/mol. The van der Waals surface area contributed by atoms with Crippen LogP contribution >= 0.6 is 0 Å². The summed E-state index contributed by atoms with van der Waals surface area (Å²) in [5.41, 5.74) is 7.50. The van der Waals surface area contributed by atoms with Gasteiger partial charge in [-0.1, -0.05) is 17.6 Å². The number of likely N-dealkylation sites (tertiary alicyclic amines) is 1. The molecule has 0 bridgehead atoms. The molecule has 1 aromatic rings. The Kier molecular flexibility index (Phi) is 7.20. The van der Waals surface area contributed by atoms with Gasteiger partial charge in [-0.05, 0) is 57.9 Å². The molecule has 2 heterocycles. The van der Waals surface area contributed by atoms with Crippen molar-refractivity contribution in [2.45, 2.75) is 32.7 Å². The van der Waals surface area contributed by atoms with Crippen molar-refractivity contribution in [2.75, 3.05) is 13.6 Å². The zero-order valence-electron chi connectivity index (χ0n) is 13.0. The summed E-state index contributed by atoms with van der Waals surface area (Å²) in [4.78, 5) is 15.4. The number of carbonyl (C=O) groups is 1. The molecule has 1 atom stereocenters. The maximum absolute atomic E-state index is 8.58. The van der Waals surface area contributed by atoms with E-state index in [1.54, 1.807) is 0 Å². The Bertz CT molecular complexity index is 555. The number of aryl methyl sites for hydroxylation is 1. The first kappa shape index (κ1) is 16.9. The number of carbonyl (C=O) groups excluding carboxylic acids is 1. The molecule has 4 nitrogen and oxygen atoms in total. The first-order chi connectivity index (χ1) is 10.1. The summed E-state index contributed by atoms with van der Waals surface area (Å²) in [6.45, 7) is 5.39. The third-order valence-electron chi connectivity index (χ3n) is 3.46. The second-order valence-electron chi connectivity index (χ2n) is 5.16. The molecule has 0 radical (unpaired) electrons. The van der Waals surface area contributed by atoms with Gasteiger partial charge in [-0.2, -0.15) is 0 Å². The Labute approximate surface area is 127 Å². The quantitative estimate of drug-likeness (QED) is 0.585. The third kappa shape index (κ3) is 6.24. The lowest BCUT2D eigenvalue weighted by Gasteiger charge is -2.30. The van der Waals surface area contributed by atoms with Crippen LogP contribution in [0.5, 0.6) is 0 Å². The molecule has 21 heavy (non-hydrogen) atoms. The van der Waals surface area contributed by atoms with Crippen LogP contribution in [0.3, 0.4) is 0 Å². The molecule has 1 saturated heterocycles. The maximum atomic E-state index is 8.58. The molecule has 1 aliphatic heterocycles. The number of pyridine rings is 1. The summed E-state index contributed by atoms with van der Waals surface area (Å²) in [7, 11) is 2.18. The van der Waals surface area contributed by atoms with E-state index in [0.717, 1.165) is 30.8 Å². The summed E-state index contributed by atoms with van der Waals surface area (Å²) >= 11 is 0. The number of hydrogen-bond donors (Lipinski definition) is 1. The van der Waals surface area contributed by atoms with Crippen molar-refractivity contribution in [3.63, 3.8) is 0 Å². The van der Waals surface area contributed by atoms with Gasteiger partial charge in [0.1, 0.15) is 5.69 Å². The van der Waals surface area contributed by atoms with Gasteiger partial charge in [-0.15, -0.1) is 0 Å². The molecule has 1 aromatic heterocycles. The van der Waals surface area contributed by atoms with Crippen LogP contribution in [0.4, 0.5) is 0 Å². The van der Waals surface area contributed by atoms with Crippen molar-refractivity contribution in [3.05, 3.63) is 41.2 Å². The molecule has 4 heteroatoms. The molecule has 1 fully saturated rings. The Balaban J connectivity index is 0.000000677. The van der Waals surface area contributed by atoms with Crippen molar-refractivity contribution in [1.29, 1.82) is 0 Å². The van der Waals surface area contributed by atoms with Gasteiger partial charge in [0.25, 0.3) is 0 Å².